The number of rotatable bonds is 5. The Morgan fingerprint density at radius 1 is 1.59 bits per heavy atom. The van der Waals surface area contributed by atoms with Gasteiger partial charge in [0.05, 0.1) is 0 Å². The van der Waals surface area contributed by atoms with Crippen LogP contribution < -0.4 is 5.32 Å². The lowest BCUT2D eigenvalue weighted by Crippen LogP contribution is -2.53. The van der Waals surface area contributed by atoms with E-state index in [1.165, 1.54) is 37.9 Å². The molecule has 0 saturated carbocycles. The summed E-state index contributed by atoms with van der Waals surface area (Å²) in [5.74, 6) is 0. The summed E-state index contributed by atoms with van der Waals surface area (Å²) in [6, 6.07) is 3.64. The highest BCUT2D eigenvalue weighted by Gasteiger charge is 2.22. The Hall–Kier alpha value is -0.380. The summed E-state index contributed by atoms with van der Waals surface area (Å²) in [7, 11) is 0. The molecule has 1 saturated heterocycles. The molecular weight excluding hydrogens is 228 g/mol. The Balaban J connectivity index is 1.84. The van der Waals surface area contributed by atoms with E-state index >= 15 is 0 Å². The predicted molar refractivity (Wildman–Crippen MR) is 75.8 cm³/mol. The molecule has 1 N–H and O–H groups in total. The van der Waals surface area contributed by atoms with Gasteiger partial charge in [-0.2, -0.15) is 11.3 Å². The summed E-state index contributed by atoms with van der Waals surface area (Å²) in [4.78, 5) is 2.65. The maximum absolute atomic E-state index is 3.62. The lowest BCUT2D eigenvalue weighted by molar-refractivity contribution is 0.148. The lowest BCUT2D eigenvalue weighted by Gasteiger charge is -2.37. The van der Waals surface area contributed by atoms with E-state index in [2.05, 4.69) is 40.9 Å². The smallest absolute Gasteiger partial charge is 0.0195 e. The fraction of sp³-hybridized carbons (Fsp3) is 0.714. The Bertz CT molecular complexity index is 308. The molecule has 1 aromatic heterocycles. The van der Waals surface area contributed by atoms with Crippen LogP contribution in [0.5, 0.6) is 0 Å². The van der Waals surface area contributed by atoms with Crippen LogP contribution in [0.3, 0.4) is 0 Å². The van der Waals surface area contributed by atoms with Gasteiger partial charge in [0.2, 0.25) is 0 Å². The molecule has 1 aliphatic heterocycles. The van der Waals surface area contributed by atoms with E-state index in [4.69, 9.17) is 0 Å². The monoisotopic (exact) mass is 252 g/mol. The molecule has 0 bridgehead atoms. The van der Waals surface area contributed by atoms with E-state index in [1.54, 1.807) is 11.3 Å². The number of nitrogens with one attached hydrogen (secondary N) is 1. The quantitative estimate of drug-likeness (QED) is 0.867. The second kappa shape index (κ2) is 6.53. The summed E-state index contributed by atoms with van der Waals surface area (Å²) in [5, 5.41) is 8.08. The molecule has 17 heavy (non-hydrogen) atoms. The highest BCUT2D eigenvalue weighted by molar-refractivity contribution is 7.07. The third kappa shape index (κ3) is 3.80. The molecule has 1 fully saturated rings. The first-order valence-electron chi connectivity index (χ1n) is 6.78. The molecule has 0 aliphatic carbocycles. The van der Waals surface area contributed by atoms with Gasteiger partial charge < -0.3 is 5.32 Å². The molecule has 2 unspecified atom stereocenters. The van der Waals surface area contributed by atoms with Crippen LogP contribution in [0.4, 0.5) is 0 Å². The first kappa shape index (κ1) is 13.1. The number of hydrogen-bond donors (Lipinski definition) is 1. The molecule has 0 radical (unpaired) electrons. The van der Waals surface area contributed by atoms with E-state index in [0.29, 0.717) is 12.1 Å². The van der Waals surface area contributed by atoms with Gasteiger partial charge >= 0.3 is 0 Å². The highest BCUT2D eigenvalue weighted by atomic mass is 32.1. The standard InChI is InChI=1S/C14H24N2S/c1-3-4-14-10-16(7-6-15-14)12(2)9-13-5-8-17-11-13/h5,8,11-12,14-15H,3-4,6-7,9-10H2,1-2H3. The zero-order valence-electron chi connectivity index (χ0n) is 11.0. The van der Waals surface area contributed by atoms with E-state index in [-0.39, 0.29) is 0 Å². The Kier molecular flexibility index (Phi) is 5.01. The topological polar surface area (TPSA) is 15.3 Å². The zero-order chi connectivity index (χ0) is 12.1. The van der Waals surface area contributed by atoms with Crippen LogP contribution in [0.25, 0.3) is 0 Å². The minimum atomic E-state index is 0.672. The SMILES string of the molecule is CCCC1CN(C(C)Cc2ccsc2)CCN1. The molecule has 2 nitrogen and oxygen atoms in total. The van der Waals surface area contributed by atoms with Crippen molar-refractivity contribution < 1.29 is 0 Å². The second-order valence-electron chi connectivity index (χ2n) is 5.12. The van der Waals surface area contributed by atoms with Gasteiger partial charge in [-0.15, -0.1) is 0 Å². The van der Waals surface area contributed by atoms with E-state index in [9.17, 15) is 0 Å². The van der Waals surface area contributed by atoms with Crippen molar-refractivity contribution in [1.29, 1.82) is 0 Å². The van der Waals surface area contributed by atoms with Crippen LogP contribution in [-0.2, 0) is 6.42 Å². The fourth-order valence-corrected chi connectivity index (χ4v) is 3.35. The van der Waals surface area contributed by atoms with E-state index in [1.807, 2.05) is 0 Å². The highest BCUT2D eigenvalue weighted by Crippen LogP contribution is 2.14. The first-order valence-corrected chi connectivity index (χ1v) is 7.72. The molecule has 1 aromatic rings. The predicted octanol–water partition coefficient (Wildman–Crippen LogP) is 2.75. The Morgan fingerprint density at radius 3 is 3.18 bits per heavy atom. The van der Waals surface area contributed by atoms with Gasteiger partial charge in [0.15, 0.2) is 0 Å². The summed E-state index contributed by atoms with van der Waals surface area (Å²) in [5.41, 5.74) is 1.49. The average molecular weight is 252 g/mol. The first-order chi connectivity index (χ1) is 8.29. The largest absolute Gasteiger partial charge is 0.311 e. The fourth-order valence-electron chi connectivity index (χ4n) is 2.67. The summed E-state index contributed by atoms with van der Waals surface area (Å²) in [6.45, 7) is 8.21. The van der Waals surface area contributed by atoms with Crippen molar-refractivity contribution in [2.45, 2.75) is 45.2 Å². The van der Waals surface area contributed by atoms with Gasteiger partial charge in [0.25, 0.3) is 0 Å². The van der Waals surface area contributed by atoms with Crippen molar-refractivity contribution in [2.75, 3.05) is 19.6 Å². The minimum Gasteiger partial charge on any atom is -0.311 e. The van der Waals surface area contributed by atoms with Crippen LogP contribution in [-0.4, -0.2) is 36.6 Å². The normalized spacial score (nSPS) is 23.8. The minimum absolute atomic E-state index is 0.672. The van der Waals surface area contributed by atoms with Gasteiger partial charge in [-0.05, 0) is 42.2 Å². The van der Waals surface area contributed by atoms with Gasteiger partial charge in [-0.1, -0.05) is 13.3 Å². The molecule has 3 heteroatoms. The third-order valence-electron chi connectivity index (χ3n) is 3.66. The maximum atomic E-state index is 3.62. The molecule has 0 spiro atoms. The van der Waals surface area contributed by atoms with Gasteiger partial charge in [-0.3, -0.25) is 4.90 Å². The van der Waals surface area contributed by atoms with Crippen LogP contribution in [0.2, 0.25) is 0 Å². The molecule has 0 aromatic carbocycles. The van der Waals surface area contributed by atoms with Gasteiger partial charge in [0, 0.05) is 31.7 Å². The van der Waals surface area contributed by atoms with Crippen molar-refractivity contribution >= 4 is 11.3 Å². The molecule has 2 rings (SSSR count). The Labute approximate surface area is 109 Å². The van der Waals surface area contributed by atoms with Crippen molar-refractivity contribution in [3.05, 3.63) is 22.4 Å². The lowest BCUT2D eigenvalue weighted by atomic mass is 10.0. The van der Waals surface area contributed by atoms with Crippen LogP contribution in [0.15, 0.2) is 16.8 Å². The summed E-state index contributed by atoms with van der Waals surface area (Å²) >= 11 is 1.81. The summed E-state index contributed by atoms with van der Waals surface area (Å²) in [6.07, 6.45) is 3.79. The molecule has 1 aliphatic rings. The Morgan fingerprint density at radius 2 is 2.47 bits per heavy atom. The van der Waals surface area contributed by atoms with E-state index < -0.39 is 0 Å². The molecular formula is C14H24N2S. The molecule has 96 valence electrons. The third-order valence-corrected chi connectivity index (χ3v) is 4.39. The van der Waals surface area contributed by atoms with E-state index in [0.717, 1.165) is 6.54 Å². The van der Waals surface area contributed by atoms with Crippen molar-refractivity contribution in [1.82, 2.24) is 10.2 Å². The maximum Gasteiger partial charge on any atom is 0.0195 e. The van der Waals surface area contributed by atoms with Crippen LogP contribution >= 0.6 is 11.3 Å². The van der Waals surface area contributed by atoms with Crippen molar-refractivity contribution in [3.8, 4) is 0 Å². The number of nitrogens with zero attached hydrogens (tertiary/aromatic N) is 1. The van der Waals surface area contributed by atoms with Gasteiger partial charge in [0.1, 0.15) is 0 Å². The van der Waals surface area contributed by atoms with Crippen LogP contribution in [0.1, 0.15) is 32.3 Å². The molecule has 2 atom stereocenters. The van der Waals surface area contributed by atoms with Crippen molar-refractivity contribution in [2.24, 2.45) is 0 Å². The summed E-state index contributed by atoms with van der Waals surface area (Å²) < 4.78 is 0. The zero-order valence-corrected chi connectivity index (χ0v) is 11.8. The molecule has 0 amide bonds. The second-order valence-corrected chi connectivity index (χ2v) is 5.90. The van der Waals surface area contributed by atoms with Gasteiger partial charge in [-0.25, -0.2) is 0 Å². The number of piperazine rings is 1. The number of hydrogen-bond acceptors (Lipinski definition) is 3. The number of thiophene rings is 1. The van der Waals surface area contributed by atoms with Crippen LogP contribution in [0, 0.1) is 0 Å². The van der Waals surface area contributed by atoms with Crippen molar-refractivity contribution in [3.63, 3.8) is 0 Å². The molecule has 2 heterocycles. The average Bonchev–Trinajstić information content (AvgIpc) is 2.83.